The minimum atomic E-state index is -0.596. The molecule has 18 heteroatoms. The maximum absolute atomic E-state index is 12.9. The van der Waals surface area contributed by atoms with E-state index in [1.807, 2.05) is 0 Å². The van der Waals surface area contributed by atoms with Crippen LogP contribution in [0, 0.1) is 0 Å². The molecular weight excluding hydrogens is 720 g/mol. The predicted octanol–water partition coefficient (Wildman–Crippen LogP) is 4.11. The van der Waals surface area contributed by atoms with E-state index in [0.29, 0.717) is 47.7 Å². The summed E-state index contributed by atoms with van der Waals surface area (Å²) in [6.45, 7) is 0.990. The summed E-state index contributed by atoms with van der Waals surface area (Å²) in [6.07, 6.45) is 5.29. The number of phenolic OH excluding ortho intramolecular Hbond substituents is 1. The number of furan rings is 1. The van der Waals surface area contributed by atoms with Gasteiger partial charge in [0.05, 0.1) is 0 Å². The number of hydrogen-bond acceptors (Lipinski definition) is 10. The standard InChI is InChI=1S/C36H41ClN10O7/c1-46-20-29(44-32(46)35(52)39-15-4-3-14-38)45-36(53)33-43-28(19-47(33)2)42-31(50)7-5-6-30(49)40-23-9-11-26-22(16-23)17-27(54-26)34(51)41-25-18-24(48)10-8-21(25)12-13-37/h8-11,16-20,48H,3-7,12-15,38H2,1-2H3,(H,39,52)(H,40,49)(H,41,51)(H,42,50)(H,45,53). The highest BCUT2D eigenvalue weighted by molar-refractivity contribution is 6.18. The molecule has 0 bridgehead atoms. The van der Waals surface area contributed by atoms with Crippen molar-refractivity contribution in [3.63, 3.8) is 0 Å². The summed E-state index contributed by atoms with van der Waals surface area (Å²) in [4.78, 5) is 72.0. The molecule has 0 fully saturated rings. The molecule has 0 atom stereocenters. The summed E-state index contributed by atoms with van der Waals surface area (Å²) in [5, 5.41) is 24.0. The number of carbonyl (C=O) groups excluding carboxylic acids is 5. The van der Waals surface area contributed by atoms with Crippen LogP contribution in [0.2, 0.25) is 0 Å². The molecule has 17 nitrogen and oxygen atoms in total. The van der Waals surface area contributed by atoms with Gasteiger partial charge in [0.15, 0.2) is 17.4 Å². The fourth-order valence-electron chi connectivity index (χ4n) is 5.45. The number of aromatic hydroxyl groups is 1. The Bertz CT molecular complexity index is 2170. The normalized spacial score (nSPS) is 11.0. The third kappa shape index (κ3) is 10.2. The van der Waals surface area contributed by atoms with Crippen molar-refractivity contribution in [1.29, 1.82) is 0 Å². The Balaban J connectivity index is 1.08. The number of alkyl halides is 1. The number of halogens is 1. The van der Waals surface area contributed by atoms with Crippen LogP contribution in [0.1, 0.15) is 69.5 Å². The quantitative estimate of drug-likeness (QED) is 0.0529. The first-order valence-corrected chi connectivity index (χ1v) is 17.7. The van der Waals surface area contributed by atoms with Crippen molar-refractivity contribution in [3.05, 3.63) is 77.8 Å². The van der Waals surface area contributed by atoms with Gasteiger partial charge in [-0.25, -0.2) is 9.97 Å². The van der Waals surface area contributed by atoms with Gasteiger partial charge in [0.1, 0.15) is 11.3 Å². The van der Waals surface area contributed by atoms with Crippen molar-refractivity contribution in [2.45, 2.75) is 38.5 Å². The fraction of sp³-hybridized carbons (Fsp3) is 0.306. The highest BCUT2D eigenvalue weighted by Crippen LogP contribution is 2.27. The third-order valence-corrected chi connectivity index (χ3v) is 8.31. The molecule has 0 aliphatic heterocycles. The maximum Gasteiger partial charge on any atom is 0.292 e. The summed E-state index contributed by atoms with van der Waals surface area (Å²) >= 11 is 5.87. The molecule has 5 amide bonds. The number of anilines is 4. The van der Waals surface area contributed by atoms with E-state index in [-0.39, 0.29) is 65.9 Å². The van der Waals surface area contributed by atoms with Crippen LogP contribution in [-0.4, -0.2) is 72.7 Å². The highest BCUT2D eigenvalue weighted by Gasteiger charge is 2.20. The fourth-order valence-corrected chi connectivity index (χ4v) is 5.66. The number of nitrogens with two attached hydrogens (primary N) is 1. The average molecular weight is 761 g/mol. The molecule has 284 valence electrons. The van der Waals surface area contributed by atoms with Crippen molar-refractivity contribution in [1.82, 2.24) is 24.4 Å². The lowest BCUT2D eigenvalue weighted by molar-refractivity contribution is -0.117. The van der Waals surface area contributed by atoms with Gasteiger partial charge >= 0.3 is 0 Å². The number of aryl methyl sites for hydroxylation is 3. The molecule has 2 aromatic carbocycles. The number of carbonyl (C=O) groups is 5. The van der Waals surface area contributed by atoms with E-state index >= 15 is 0 Å². The number of phenols is 1. The van der Waals surface area contributed by atoms with E-state index in [1.165, 1.54) is 33.7 Å². The number of fused-ring (bicyclic) bond motifs is 1. The van der Waals surface area contributed by atoms with Gasteiger partial charge in [0, 0.05) is 74.6 Å². The van der Waals surface area contributed by atoms with Crippen molar-refractivity contribution in [3.8, 4) is 5.75 Å². The lowest BCUT2D eigenvalue weighted by Crippen LogP contribution is -2.27. The molecule has 0 unspecified atom stereocenters. The zero-order valence-electron chi connectivity index (χ0n) is 29.7. The molecule has 0 aliphatic carbocycles. The highest BCUT2D eigenvalue weighted by atomic mass is 35.5. The Morgan fingerprint density at radius 3 is 2.19 bits per heavy atom. The lowest BCUT2D eigenvalue weighted by atomic mass is 10.1. The number of nitrogens with zero attached hydrogens (tertiary/aromatic N) is 4. The smallest absolute Gasteiger partial charge is 0.292 e. The molecular formula is C36H41ClN10O7. The molecule has 0 spiro atoms. The van der Waals surface area contributed by atoms with Crippen LogP contribution in [0.5, 0.6) is 5.75 Å². The van der Waals surface area contributed by atoms with Crippen molar-refractivity contribution >= 4 is 75.1 Å². The van der Waals surface area contributed by atoms with E-state index in [2.05, 4.69) is 36.6 Å². The number of aromatic nitrogens is 4. The Kier molecular flexibility index (Phi) is 13.0. The second kappa shape index (κ2) is 18.0. The molecule has 5 aromatic rings. The number of amides is 5. The van der Waals surface area contributed by atoms with Crippen LogP contribution < -0.4 is 32.3 Å². The van der Waals surface area contributed by atoms with Crippen LogP contribution in [0.3, 0.4) is 0 Å². The Labute approximate surface area is 314 Å². The van der Waals surface area contributed by atoms with Gasteiger partial charge in [-0.1, -0.05) is 6.07 Å². The topological polar surface area (TPSA) is 241 Å². The zero-order valence-corrected chi connectivity index (χ0v) is 30.5. The minimum absolute atomic E-state index is 0.00154. The second-order valence-electron chi connectivity index (χ2n) is 12.4. The van der Waals surface area contributed by atoms with Gasteiger partial charge in [0.25, 0.3) is 17.7 Å². The van der Waals surface area contributed by atoms with E-state index < -0.39 is 17.7 Å². The molecule has 3 heterocycles. The summed E-state index contributed by atoms with van der Waals surface area (Å²) in [5.41, 5.74) is 7.57. The molecule has 0 aliphatic rings. The van der Waals surface area contributed by atoms with E-state index in [4.69, 9.17) is 21.8 Å². The van der Waals surface area contributed by atoms with E-state index in [0.717, 1.165) is 18.4 Å². The van der Waals surface area contributed by atoms with Crippen LogP contribution >= 0.6 is 11.6 Å². The maximum atomic E-state index is 12.9. The first kappa shape index (κ1) is 39.0. The molecule has 54 heavy (non-hydrogen) atoms. The van der Waals surface area contributed by atoms with Gasteiger partial charge in [0.2, 0.25) is 23.5 Å². The predicted molar refractivity (Wildman–Crippen MR) is 203 cm³/mol. The molecule has 0 saturated heterocycles. The van der Waals surface area contributed by atoms with Gasteiger partial charge in [-0.3, -0.25) is 24.0 Å². The Hall–Kier alpha value is -6.20. The number of rotatable bonds is 17. The summed E-state index contributed by atoms with van der Waals surface area (Å²) < 4.78 is 8.64. The first-order chi connectivity index (χ1) is 25.9. The van der Waals surface area contributed by atoms with Crippen LogP contribution in [0.15, 0.2) is 59.3 Å². The summed E-state index contributed by atoms with van der Waals surface area (Å²) in [6, 6.07) is 11.1. The number of hydrogen-bond donors (Lipinski definition) is 7. The third-order valence-electron chi connectivity index (χ3n) is 8.12. The van der Waals surface area contributed by atoms with Gasteiger partial charge in [-0.15, -0.1) is 11.6 Å². The SMILES string of the molecule is Cn1cc(NC(=O)c2nc(NC(=O)CCCC(=O)Nc3ccc4oc(C(=O)Nc5cc(O)ccc5CCCl)cc4c3)cn2C)nc1C(=O)NCCCCN. The van der Waals surface area contributed by atoms with Gasteiger partial charge in [-0.2, -0.15) is 0 Å². The average Bonchev–Trinajstić information content (AvgIpc) is 3.83. The number of nitrogens with one attached hydrogen (secondary N) is 5. The Morgan fingerprint density at radius 2 is 1.48 bits per heavy atom. The van der Waals surface area contributed by atoms with Gasteiger partial charge < -0.3 is 51.0 Å². The molecule has 0 saturated carbocycles. The van der Waals surface area contributed by atoms with E-state index in [9.17, 15) is 29.1 Å². The minimum Gasteiger partial charge on any atom is -0.508 e. The van der Waals surface area contributed by atoms with Crippen LogP contribution in [0.4, 0.5) is 23.0 Å². The number of imidazole rings is 2. The monoisotopic (exact) mass is 760 g/mol. The zero-order chi connectivity index (χ0) is 38.8. The molecule has 8 N–H and O–H groups in total. The first-order valence-electron chi connectivity index (χ1n) is 17.1. The number of unbranched alkanes of at least 4 members (excludes halogenated alkanes) is 1. The second-order valence-corrected chi connectivity index (χ2v) is 12.8. The number of benzene rings is 2. The lowest BCUT2D eigenvalue weighted by Gasteiger charge is -2.09. The molecule has 0 radical (unpaired) electrons. The van der Waals surface area contributed by atoms with Crippen LogP contribution in [0.25, 0.3) is 11.0 Å². The van der Waals surface area contributed by atoms with Crippen molar-refractivity contribution in [2.75, 3.05) is 40.2 Å². The summed E-state index contributed by atoms with van der Waals surface area (Å²) in [7, 11) is 3.22. The van der Waals surface area contributed by atoms with Crippen molar-refractivity contribution in [2.24, 2.45) is 19.8 Å². The molecule has 3 aromatic heterocycles. The molecule has 5 rings (SSSR count). The largest absolute Gasteiger partial charge is 0.508 e. The van der Waals surface area contributed by atoms with Crippen LogP contribution in [-0.2, 0) is 30.1 Å². The summed E-state index contributed by atoms with van der Waals surface area (Å²) in [5.74, 6) is -1.42. The van der Waals surface area contributed by atoms with Gasteiger partial charge in [-0.05, 0) is 68.1 Å². The van der Waals surface area contributed by atoms with Crippen molar-refractivity contribution < 1.29 is 33.5 Å². The van der Waals surface area contributed by atoms with E-state index in [1.54, 1.807) is 44.4 Å². The Morgan fingerprint density at radius 1 is 0.796 bits per heavy atom.